The third kappa shape index (κ3) is 3.50. The number of nitrogens with zero attached hydrogens (tertiary/aromatic N) is 1. The van der Waals surface area contributed by atoms with Gasteiger partial charge in [0.15, 0.2) is 6.10 Å². The van der Waals surface area contributed by atoms with Crippen LogP contribution in [0.25, 0.3) is 0 Å². The van der Waals surface area contributed by atoms with Gasteiger partial charge in [-0.05, 0) is 54.5 Å². The minimum absolute atomic E-state index is 0.321. The van der Waals surface area contributed by atoms with Crippen LogP contribution in [0.1, 0.15) is 30.9 Å². The van der Waals surface area contributed by atoms with E-state index in [-0.39, 0.29) is 0 Å². The van der Waals surface area contributed by atoms with Gasteiger partial charge in [0.2, 0.25) is 0 Å². The zero-order chi connectivity index (χ0) is 18.2. The third-order valence-electron chi connectivity index (χ3n) is 5.18. The highest BCUT2D eigenvalue weighted by Crippen LogP contribution is 2.46. The van der Waals surface area contributed by atoms with Gasteiger partial charge in [-0.3, -0.25) is 9.59 Å². The van der Waals surface area contributed by atoms with Crippen molar-refractivity contribution in [2.45, 2.75) is 30.9 Å². The maximum Gasteiger partial charge on any atom is 0.308 e. The van der Waals surface area contributed by atoms with Crippen molar-refractivity contribution in [2.24, 2.45) is 5.92 Å². The van der Waals surface area contributed by atoms with Crippen molar-refractivity contribution in [3.05, 3.63) is 33.8 Å². The second kappa shape index (κ2) is 7.35. The molecule has 136 valence electrons. The second-order valence-electron chi connectivity index (χ2n) is 6.49. The molecule has 2 atom stereocenters. The summed E-state index contributed by atoms with van der Waals surface area (Å²) in [4.78, 5) is 26.3. The number of rotatable bonds is 3. The van der Waals surface area contributed by atoms with Gasteiger partial charge in [-0.15, -0.1) is 0 Å². The number of aliphatic hydroxyl groups excluding tert-OH is 1. The first kappa shape index (κ1) is 18.8. The Balaban J connectivity index is 1.90. The van der Waals surface area contributed by atoms with E-state index in [4.69, 9.17) is 23.2 Å². The van der Waals surface area contributed by atoms with Crippen LogP contribution >= 0.6 is 35.0 Å². The maximum atomic E-state index is 13.0. The van der Waals surface area contributed by atoms with Gasteiger partial charge in [-0.2, -0.15) is 11.8 Å². The average molecular weight is 404 g/mol. The van der Waals surface area contributed by atoms with Crippen LogP contribution in [-0.4, -0.2) is 50.6 Å². The molecule has 8 heteroatoms. The molecular weight excluding hydrogens is 385 g/mol. The summed E-state index contributed by atoms with van der Waals surface area (Å²) in [6, 6.07) is 4.54. The highest BCUT2D eigenvalue weighted by atomic mass is 35.5. The molecule has 25 heavy (non-hydrogen) atoms. The maximum absolute atomic E-state index is 13.0. The molecular formula is C17H19Cl2NO4S. The average Bonchev–Trinajstić information content (AvgIpc) is 2.91. The number of carboxylic acid groups (broad SMARTS) is 1. The number of aliphatic hydroxyl groups is 1. The van der Waals surface area contributed by atoms with Gasteiger partial charge in [0.1, 0.15) is 0 Å². The molecule has 2 N–H and O–H groups in total. The summed E-state index contributed by atoms with van der Waals surface area (Å²) in [5.74, 6) is -0.316. The molecule has 2 aliphatic heterocycles. The Morgan fingerprint density at radius 1 is 1.20 bits per heavy atom. The molecule has 0 aromatic heterocycles. The van der Waals surface area contributed by atoms with E-state index in [1.165, 1.54) is 18.2 Å². The first-order valence-corrected chi connectivity index (χ1v) is 10.0. The molecule has 1 aromatic carbocycles. The fourth-order valence-electron chi connectivity index (χ4n) is 3.99. The van der Waals surface area contributed by atoms with E-state index in [2.05, 4.69) is 0 Å². The molecule has 2 aliphatic rings. The SMILES string of the molecule is O=C(O)C1CCN(C(=O)C(O)c2cc(Cl)cc(Cl)c2)C12CCSCC2. The lowest BCUT2D eigenvalue weighted by Gasteiger charge is -2.44. The number of amides is 1. The monoisotopic (exact) mass is 403 g/mol. The van der Waals surface area contributed by atoms with E-state index in [0.29, 0.717) is 41.4 Å². The number of hydrogen-bond donors (Lipinski definition) is 2. The molecule has 5 nitrogen and oxygen atoms in total. The number of carbonyl (C=O) groups is 2. The van der Waals surface area contributed by atoms with Crippen LogP contribution in [0, 0.1) is 5.92 Å². The number of aliphatic carboxylic acids is 1. The van der Waals surface area contributed by atoms with Gasteiger partial charge in [-0.1, -0.05) is 23.2 Å². The number of halogens is 2. The Labute approximate surface area is 160 Å². The van der Waals surface area contributed by atoms with E-state index in [9.17, 15) is 19.8 Å². The molecule has 0 aliphatic carbocycles. The normalized spacial score (nSPS) is 23.6. The largest absolute Gasteiger partial charge is 0.481 e. The van der Waals surface area contributed by atoms with Crippen LogP contribution < -0.4 is 0 Å². The first-order valence-electron chi connectivity index (χ1n) is 8.11. The van der Waals surface area contributed by atoms with Crippen LogP contribution in [-0.2, 0) is 9.59 Å². The minimum atomic E-state index is -1.41. The summed E-state index contributed by atoms with van der Waals surface area (Å²) >= 11 is 13.7. The first-order chi connectivity index (χ1) is 11.8. The smallest absolute Gasteiger partial charge is 0.308 e. The summed E-state index contributed by atoms with van der Waals surface area (Å²) in [7, 11) is 0. The predicted octanol–water partition coefficient (Wildman–Crippen LogP) is 3.23. The van der Waals surface area contributed by atoms with Crippen LogP contribution in [0.2, 0.25) is 10.0 Å². The minimum Gasteiger partial charge on any atom is -0.481 e. The van der Waals surface area contributed by atoms with E-state index < -0.39 is 29.4 Å². The Hall–Kier alpha value is -0.950. The van der Waals surface area contributed by atoms with Crippen LogP contribution in [0.15, 0.2) is 18.2 Å². The van der Waals surface area contributed by atoms with Crippen molar-refractivity contribution in [1.29, 1.82) is 0 Å². The molecule has 0 radical (unpaired) electrons. The molecule has 0 saturated carbocycles. The molecule has 0 bridgehead atoms. The number of thioether (sulfide) groups is 1. The Kier molecular flexibility index (Phi) is 5.54. The number of hydrogen-bond acceptors (Lipinski definition) is 4. The lowest BCUT2D eigenvalue weighted by Crippen LogP contribution is -2.55. The van der Waals surface area contributed by atoms with Gasteiger partial charge < -0.3 is 15.1 Å². The third-order valence-corrected chi connectivity index (χ3v) is 6.61. The van der Waals surface area contributed by atoms with Gasteiger partial charge in [0.25, 0.3) is 5.91 Å². The topological polar surface area (TPSA) is 77.8 Å². The number of carbonyl (C=O) groups excluding carboxylic acids is 1. The number of carboxylic acids is 1. The van der Waals surface area contributed by atoms with E-state index in [0.717, 1.165) is 11.5 Å². The van der Waals surface area contributed by atoms with Crippen molar-refractivity contribution in [2.75, 3.05) is 18.1 Å². The molecule has 2 unspecified atom stereocenters. The van der Waals surface area contributed by atoms with Crippen molar-refractivity contribution in [3.63, 3.8) is 0 Å². The summed E-state index contributed by atoms with van der Waals surface area (Å²) in [6.07, 6.45) is 0.261. The molecule has 3 rings (SSSR count). The molecule has 2 heterocycles. The Morgan fingerprint density at radius 3 is 2.36 bits per heavy atom. The fourth-order valence-corrected chi connectivity index (χ4v) is 5.73. The standard InChI is InChI=1S/C17H19Cl2NO4S/c18-11-7-10(8-12(19)9-11)14(21)15(22)20-4-1-13(16(23)24)17(20)2-5-25-6-3-17/h7-9,13-14,21H,1-6H2,(H,23,24). The number of benzene rings is 1. The molecule has 1 amide bonds. The lowest BCUT2D eigenvalue weighted by molar-refractivity contribution is -0.151. The van der Waals surface area contributed by atoms with Crippen LogP contribution in [0.4, 0.5) is 0 Å². The predicted molar refractivity (Wildman–Crippen MR) is 98.2 cm³/mol. The highest BCUT2D eigenvalue weighted by Gasteiger charge is 2.54. The van der Waals surface area contributed by atoms with Gasteiger partial charge in [0.05, 0.1) is 11.5 Å². The van der Waals surface area contributed by atoms with E-state index >= 15 is 0 Å². The van der Waals surface area contributed by atoms with Crippen molar-refractivity contribution >= 4 is 46.8 Å². The lowest BCUT2D eigenvalue weighted by atomic mass is 9.79. The zero-order valence-electron chi connectivity index (χ0n) is 13.5. The zero-order valence-corrected chi connectivity index (χ0v) is 15.8. The second-order valence-corrected chi connectivity index (χ2v) is 8.59. The van der Waals surface area contributed by atoms with Gasteiger partial charge in [-0.25, -0.2) is 0 Å². The molecule has 1 aromatic rings. The van der Waals surface area contributed by atoms with Crippen molar-refractivity contribution in [3.8, 4) is 0 Å². The number of likely N-dealkylation sites (tertiary alicyclic amines) is 1. The Bertz CT molecular complexity index is 673. The summed E-state index contributed by atoms with van der Waals surface area (Å²) < 4.78 is 0. The van der Waals surface area contributed by atoms with E-state index in [1.807, 2.05) is 0 Å². The molecule has 2 fully saturated rings. The van der Waals surface area contributed by atoms with Gasteiger partial charge in [0, 0.05) is 16.6 Å². The quantitative estimate of drug-likeness (QED) is 0.809. The van der Waals surface area contributed by atoms with Crippen LogP contribution in [0.3, 0.4) is 0 Å². The van der Waals surface area contributed by atoms with Gasteiger partial charge >= 0.3 is 5.97 Å². The summed E-state index contributed by atoms with van der Waals surface area (Å²) in [5, 5.41) is 20.9. The fraction of sp³-hybridized carbons (Fsp3) is 0.529. The summed E-state index contributed by atoms with van der Waals surface area (Å²) in [5.41, 5.74) is -0.390. The Morgan fingerprint density at radius 2 is 1.80 bits per heavy atom. The molecule has 1 spiro atoms. The highest BCUT2D eigenvalue weighted by molar-refractivity contribution is 7.99. The summed E-state index contributed by atoms with van der Waals surface area (Å²) in [6.45, 7) is 0.339. The molecule has 2 saturated heterocycles. The van der Waals surface area contributed by atoms with Crippen LogP contribution in [0.5, 0.6) is 0 Å². The van der Waals surface area contributed by atoms with E-state index in [1.54, 1.807) is 16.7 Å². The van der Waals surface area contributed by atoms with Crippen molar-refractivity contribution < 1.29 is 19.8 Å². The van der Waals surface area contributed by atoms with Crippen molar-refractivity contribution in [1.82, 2.24) is 4.90 Å².